The second-order valence-electron chi connectivity index (χ2n) is 6.76. The number of nitrogens with zero attached hydrogens (tertiary/aromatic N) is 2. The predicted octanol–water partition coefficient (Wildman–Crippen LogP) is 4.29. The molecule has 1 amide bonds. The first kappa shape index (κ1) is 20.7. The number of methoxy groups -OCH3 is 1. The van der Waals surface area contributed by atoms with Crippen molar-refractivity contribution in [2.24, 2.45) is 4.99 Å². The highest BCUT2D eigenvalue weighted by Crippen LogP contribution is 2.23. The number of ether oxygens (including phenoxy) is 2. The average Bonchev–Trinajstić information content (AvgIpc) is 2.98. The highest BCUT2D eigenvalue weighted by atomic mass is 35.5. The van der Waals surface area contributed by atoms with Crippen molar-refractivity contribution in [3.8, 4) is 5.75 Å². The summed E-state index contributed by atoms with van der Waals surface area (Å²) < 4.78 is 13.5. The smallest absolute Gasteiger partial charge is 0.282 e. The number of amides is 1. The molecular weight excluding hydrogens is 372 g/mol. The summed E-state index contributed by atoms with van der Waals surface area (Å²) in [5, 5.41) is 0.469. The zero-order valence-electron chi connectivity index (χ0n) is 15.8. The van der Waals surface area contributed by atoms with Gasteiger partial charge in [-0.15, -0.1) is 0 Å². The summed E-state index contributed by atoms with van der Waals surface area (Å²) in [7, 11) is 1.52. The number of carbonyl (C=O) groups is 1. The van der Waals surface area contributed by atoms with Crippen molar-refractivity contribution in [1.82, 2.24) is 3.96 Å². The maximum Gasteiger partial charge on any atom is 0.282 e. The highest BCUT2D eigenvalue weighted by Gasteiger charge is 2.17. The molecule has 0 aliphatic rings. The minimum atomic E-state index is -0.370. The van der Waals surface area contributed by atoms with Gasteiger partial charge in [-0.1, -0.05) is 11.6 Å². The van der Waals surface area contributed by atoms with Gasteiger partial charge in [0.25, 0.3) is 5.91 Å². The van der Waals surface area contributed by atoms with E-state index in [2.05, 4.69) is 29.7 Å². The van der Waals surface area contributed by atoms with Crippen LogP contribution >= 0.6 is 23.1 Å². The molecule has 0 aliphatic carbocycles. The molecule has 0 saturated carbocycles. The van der Waals surface area contributed by atoms with Crippen LogP contribution in [0, 0.1) is 0 Å². The van der Waals surface area contributed by atoms with Gasteiger partial charge < -0.3 is 9.47 Å². The molecule has 1 heterocycles. The SMILES string of the molecule is CCOCCc1cn(C(C)(C)C)s/c1=N\C(=O)c1cc(Cl)ccc1OC. The molecule has 0 saturated heterocycles. The second kappa shape index (κ2) is 8.84. The van der Waals surface area contributed by atoms with E-state index in [1.54, 1.807) is 18.2 Å². The van der Waals surface area contributed by atoms with Gasteiger partial charge in [0.2, 0.25) is 0 Å². The molecule has 5 nitrogen and oxygen atoms in total. The third-order valence-corrected chi connectivity index (χ3v) is 5.32. The molecule has 0 radical (unpaired) electrons. The van der Waals surface area contributed by atoms with Crippen molar-refractivity contribution in [3.05, 3.63) is 45.2 Å². The van der Waals surface area contributed by atoms with Crippen molar-refractivity contribution in [3.63, 3.8) is 0 Å². The van der Waals surface area contributed by atoms with E-state index >= 15 is 0 Å². The van der Waals surface area contributed by atoms with Gasteiger partial charge in [-0.2, -0.15) is 4.99 Å². The van der Waals surface area contributed by atoms with Crippen molar-refractivity contribution in [2.75, 3.05) is 20.3 Å². The molecule has 7 heteroatoms. The molecule has 0 N–H and O–H groups in total. The first-order valence-electron chi connectivity index (χ1n) is 8.49. The Labute approximate surface area is 163 Å². The fourth-order valence-corrected chi connectivity index (χ4v) is 3.50. The topological polar surface area (TPSA) is 52.8 Å². The summed E-state index contributed by atoms with van der Waals surface area (Å²) >= 11 is 7.50. The molecule has 0 unspecified atom stereocenters. The number of hydrogen-bond acceptors (Lipinski definition) is 4. The number of aromatic nitrogens is 1. The summed E-state index contributed by atoms with van der Waals surface area (Å²) in [6.45, 7) is 9.55. The third kappa shape index (κ3) is 5.19. The summed E-state index contributed by atoms with van der Waals surface area (Å²) in [6.07, 6.45) is 2.75. The lowest BCUT2D eigenvalue weighted by atomic mass is 10.1. The van der Waals surface area contributed by atoms with Gasteiger partial charge in [-0.05, 0) is 57.4 Å². The number of carbonyl (C=O) groups excluding carboxylic acids is 1. The van der Waals surface area contributed by atoms with E-state index in [0.717, 1.165) is 5.56 Å². The normalized spacial score (nSPS) is 12.5. The fourth-order valence-electron chi connectivity index (χ4n) is 2.30. The van der Waals surface area contributed by atoms with Crippen LogP contribution in [0.25, 0.3) is 0 Å². The standard InChI is InChI=1S/C19H25ClN2O3S/c1-6-25-10-9-13-12-22(19(2,3)4)26-18(13)21-17(23)15-11-14(20)7-8-16(15)24-5/h7-8,11-12H,6,9-10H2,1-5H3/b21-18-. The summed E-state index contributed by atoms with van der Waals surface area (Å²) in [4.78, 5) is 17.1. The quantitative estimate of drug-likeness (QED) is 0.684. The fraction of sp³-hybridized carbons (Fsp3) is 0.474. The van der Waals surface area contributed by atoms with Gasteiger partial charge in [0, 0.05) is 35.3 Å². The Morgan fingerprint density at radius 3 is 2.69 bits per heavy atom. The minimum absolute atomic E-state index is 0.0877. The van der Waals surface area contributed by atoms with Crippen LogP contribution in [-0.2, 0) is 16.7 Å². The Bertz CT molecular complexity index is 834. The molecular formula is C19H25ClN2O3S. The van der Waals surface area contributed by atoms with Gasteiger partial charge in [0.05, 0.1) is 19.3 Å². The first-order chi connectivity index (χ1) is 12.3. The van der Waals surface area contributed by atoms with Crippen molar-refractivity contribution >= 4 is 29.0 Å². The first-order valence-corrected chi connectivity index (χ1v) is 9.64. The minimum Gasteiger partial charge on any atom is -0.496 e. The molecule has 0 bridgehead atoms. The van der Waals surface area contributed by atoms with E-state index in [4.69, 9.17) is 21.1 Å². The monoisotopic (exact) mass is 396 g/mol. The Hall–Kier alpha value is -1.63. The average molecular weight is 397 g/mol. The predicted molar refractivity (Wildman–Crippen MR) is 105 cm³/mol. The van der Waals surface area contributed by atoms with Crippen LogP contribution in [0.5, 0.6) is 5.75 Å². The van der Waals surface area contributed by atoms with E-state index < -0.39 is 0 Å². The molecule has 2 rings (SSSR count). The van der Waals surface area contributed by atoms with E-state index in [0.29, 0.717) is 40.6 Å². The molecule has 1 aromatic carbocycles. The van der Waals surface area contributed by atoms with Crippen LogP contribution in [0.2, 0.25) is 5.02 Å². The van der Waals surface area contributed by atoms with E-state index in [-0.39, 0.29) is 11.4 Å². The maximum atomic E-state index is 12.7. The number of hydrogen-bond donors (Lipinski definition) is 0. The van der Waals surface area contributed by atoms with Crippen molar-refractivity contribution in [1.29, 1.82) is 0 Å². The lowest BCUT2D eigenvalue weighted by molar-refractivity contribution is 0.0995. The molecule has 2 aromatic rings. The Morgan fingerprint density at radius 2 is 2.08 bits per heavy atom. The lowest BCUT2D eigenvalue weighted by Gasteiger charge is -2.19. The molecule has 1 aromatic heterocycles. The molecule has 142 valence electrons. The van der Waals surface area contributed by atoms with Gasteiger partial charge in [0.15, 0.2) is 0 Å². The van der Waals surface area contributed by atoms with Gasteiger partial charge in [-0.25, -0.2) is 0 Å². The molecule has 0 spiro atoms. The Balaban J connectivity index is 2.46. The Morgan fingerprint density at radius 1 is 1.35 bits per heavy atom. The van der Waals surface area contributed by atoms with Crippen LogP contribution in [0.1, 0.15) is 43.6 Å². The van der Waals surface area contributed by atoms with E-state index in [1.165, 1.54) is 18.6 Å². The highest BCUT2D eigenvalue weighted by molar-refractivity contribution is 7.04. The zero-order chi connectivity index (χ0) is 19.3. The molecule has 0 atom stereocenters. The molecule has 26 heavy (non-hydrogen) atoms. The summed E-state index contributed by atoms with van der Waals surface area (Å²) in [5.41, 5.74) is 1.26. The van der Waals surface area contributed by atoms with Gasteiger partial charge in [0.1, 0.15) is 10.4 Å². The van der Waals surface area contributed by atoms with Crippen molar-refractivity contribution in [2.45, 2.75) is 39.7 Å². The van der Waals surface area contributed by atoms with Crippen molar-refractivity contribution < 1.29 is 14.3 Å². The second-order valence-corrected chi connectivity index (χ2v) is 8.15. The van der Waals surface area contributed by atoms with Gasteiger partial charge >= 0.3 is 0 Å². The zero-order valence-corrected chi connectivity index (χ0v) is 17.4. The van der Waals surface area contributed by atoms with E-state index in [1.807, 2.05) is 13.1 Å². The molecule has 0 fully saturated rings. The number of benzene rings is 1. The number of halogens is 1. The Kier molecular flexibility index (Phi) is 7.03. The third-order valence-electron chi connectivity index (χ3n) is 3.71. The van der Waals surface area contributed by atoms with Crippen LogP contribution in [0.4, 0.5) is 0 Å². The van der Waals surface area contributed by atoms with Crippen LogP contribution in [0.3, 0.4) is 0 Å². The van der Waals surface area contributed by atoms with Crippen LogP contribution < -0.4 is 9.41 Å². The summed E-state index contributed by atoms with van der Waals surface area (Å²) in [5.74, 6) is 0.0872. The van der Waals surface area contributed by atoms with Crippen LogP contribution in [-0.4, -0.2) is 30.2 Å². The lowest BCUT2D eigenvalue weighted by Crippen LogP contribution is -2.18. The van der Waals surface area contributed by atoms with Crippen LogP contribution in [0.15, 0.2) is 29.4 Å². The number of rotatable bonds is 6. The maximum absolute atomic E-state index is 12.7. The molecule has 0 aliphatic heterocycles. The van der Waals surface area contributed by atoms with Gasteiger partial charge in [-0.3, -0.25) is 8.75 Å². The summed E-state index contributed by atoms with van der Waals surface area (Å²) in [6, 6.07) is 4.94. The van der Waals surface area contributed by atoms with E-state index in [9.17, 15) is 4.79 Å². The largest absolute Gasteiger partial charge is 0.496 e.